The van der Waals surface area contributed by atoms with Crippen molar-refractivity contribution in [2.45, 2.75) is 44.7 Å². The number of carboxylic acids is 1. The van der Waals surface area contributed by atoms with E-state index in [1.165, 1.54) is 24.9 Å². The number of piperazine rings is 1. The highest BCUT2D eigenvalue weighted by Gasteiger charge is 2.43. The molecule has 11 nitrogen and oxygen atoms in total. The number of hydrazine groups is 1. The van der Waals surface area contributed by atoms with Crippen LogP contribution in [0.3, 0.4) is 0 Å². The maximum absolute atomic E-state index is 12.8. The van der Waals surface area contributed by atoms with Gasteiger partial charge in [-0.15, -0.1) is 0 Å². The fourth-order valence-electron chi connectivity index (χ4n) is 4.27. The first-order valence-electron chi connectivity index (χ1n) is 11.7. The van der Waals surface area contributed by atoms with E-state index < -0.39 is 12.0 Å². The van der Waals surface area contributed by atoms with Gasteiger partial charge in [-0.25, -0.2) is 5.01 Å². The summed E-state index contributed by atoms with van der Waals surface area (Å²) < 4.78 is 0. The summed E-state index contributed by atoms with van der Waals surface area (Å²) in [6, 6.07) is -1.04. The molecule has 2 rings (SSSR count). The maximum Gasteiger partial charge on any atom is 0.319 e. The number of nitrogens with one attached hydrogen (secondary N) is 2. The Bertz CT molecular complexity index is 627. The molecule has 4 atom stereocenters. The van der Waals surface area contributed by atoms with Crippen LogP contribution in [0.2, 0.25) is 0 Å². The van der Waals surface area contributed by atoms with Gasteiger partial charge in [-0.3, -0.25) is 24.7 Å². The van der Waals surface area contributed by atoms with E-state index >= 15 is 0 Å². The number of carbonyl (C=O) groups excluding carboxylic acids is 2. The van der Waals surface area contributed by atoms with Crippen molar-refractivity contribution < 1.29 is 19.5 Å². The first-order valence-corrected chi connectivity index (χ1v) is 11.7. The zero-order chi connectivity index (χ0) is 23.7. The number of amides is 2. The van der Waals surface area contributed by atoms with E-state index in [0.717, 1.165) is 39.1 Å². The molecular formula is C21H41N7O4. The van der Waals surface area contributed by atoms with Crippen LogP contribution in [0.15, 0.2) is 0 Å². The predicted octanol–water partition coefficient (Wildman–Crippen LogP) is -1.75. The highest BCUT2D eigenvalue weighted by Crippen LogP contribution is 2.41. The summed E-state index contributed by atoms with van der Waals surface area (Å²) in [6.45, 7) is 7.75. The van der Waals surface area contributed by atoms with Crippen LogP contribution >= 0.6 is 0 Å². The summed E-state index contributed by atoms with van der Waals surface area (Å²) in [7, 11) is 1.48. The van der Waals surface area contributed by atoms with Gasteiger partial charge < -0.3 is 26.8 Å². The number of hydrogen-bond donors (Lipinski definition) is 5. The van der Waals surface area contributed by atoms with Crippen LogP contribution in [0.25, 0.3) is 0 Å². The van der Waals surface area contributed by atoms with E-state index in [-0.39, 0.29) is 42.7 Å². The standard InChI is InChI=1S/C21H41N7O4/c1-3-4-5-27-6-8-28(9-7-27)13-17(23)21(32)24-18(16-10-15(16)12-22)11-19(29)25-26(2)14-20(30)31/h15-18H,3-14,22-23H2,1-2H3,(H,24,32)(H,25,29)(H,30,31)/t15-,16-,17-,18+/m0/s1. The van der Waals surface area contributed by atoms with Crippen molar-refractivity contribution in [2.24, 2.45) is 23.3 Å². The molecule has 1 saturated carbocycles. The number of carboxylic acid groups (broad SMARTS) is 1. The lowest BCUT2D eigenvalue weighted by atomic mass is 10.1. The Morgan fingerprint density at radius 1 is 1.19 bits per heavy atom. The van der Waals surface area contributed by atoms with Gasteiger partial charge in [0.05, 0.1) is 6.04 Å². The normalized spacial score (nSPS) is 23.5. The summed E-state index contributed by atoms with van der Waals surface area (Å²) in [4.78, 5) is 40.6. The summed E-state index contributed by atoms with van der Waals surface area (Å²) >= 11 is 0. The van der Waals surface area contributed by atoms with Gasteiger partial charge in [0.2, 0.25) is 11.8 Å². The predicted molar refractivity (Wildman–Crippen MR) is 121 cm³/mol. The topological polar surface area (TPSA) is 157 Å². The van der Waals surface area contributed by atoms with Crippen molar-refractivity contribution in [3.05, 3.63) is 0 Å². The molecule has 1 saturated heterocycles. The SMILES string of the molecule is CCCCN1CCN(C[C@H](N)C(=O)N[C@H](CC(=O)NN(C)CC(=O)O)[C@H]2C[C@H]2CN)CC1. The Labute approximate surface area is 190 Å². The van der Waals surface area contributed by atoms with Crippen molar-refractivity contribution in [2.75, 3.05) is 59.4 Å². The molecule has 1 aliphatic heterocycles. The van der Waals surface area contributed by atoms with Crippen LogP contribution in [-0.2, 0) is 14.4 Å². The minimum Gasteiger partial charge on any atom is -0.480 e. The molecule has 0 aromatic heterocycles. The second-order valence-electron chi connectivity index (χ2n) is 9.10. The molecule has 0 radical (unpaired) electrons. The summed E-state index contributed by atoms with van der Waals surface area (Å²) in [6.07, 6.45) is 3.30. The Morgan fingerprint density at radius 3 is 2.41 bits per heavy atom. The van der Waals surface area contributed by atoms with Gasteiger partial charge in [0.15, 0.2) is 0 Å². The third-order valence-electron chi connectivity index (χ3n) is 6.30. The smallest absolute Gasteiger partial charge is 0.319 e. The second-order valence-corrected chi connectivity index (χ2v) is 9.10. The maximum atomic E-state index is 12.8. The lowest BCUT2D eigenvalue weighted by Gasteiger charge is -2.35. The fourth-order valence-corrected chi connectivity index (χ4v) is 4.27. The van der Waals surface area contributed by atoms with Gasteiger partial charge in [-0.1, -0.05) is 13.3 Å². The second kappa shape index (κ2) is 13.0. The average Bonchev–Trinajstić information content (AvgIpc) is 3.52. The molecule has 0 aromatic carbocycles. The summed E-state index contributed by atoms with van der Waals surface area (Å²) in [5, 5.41) is 13.0. The highest BCUT2D eigenvalue weighted by molar-refractivity contribution is 5.83. The Kier molecular flexibility index (Phi) is 10.8. The Hall–Kier alpha value is -1.79. The Balaban J connectivity index is 1.81. The molecule has 1 aliphatic carbocycles. The van der Waals surface area contributed by atoms with Gasteiger partial charge in [0, 0.05) is 52.2 Å². The Morgan fingerprint density at radius 2 is 1.84 bits per heavy atom. The number of nitrogens with zero attached hydrogens (tertiary/aromatic N) is 3. The monoisotopic (exact) mass is 455 g/mol. The number of hydrogen-bond acceptors (Lipinski definition) is 8. The number of carbonyl (C=O) groups is 3. The van der Waals surface area contributed by atoms with Gasteiger partial charge in [0.1, 0.15) is 6.54 Å². The van der Waals surface area contributed by atoms with Crippen LogP contribution in [0.1, 0.15) is 32.6 Å². The van der Waals surface area contributed by atoms with Gasteiger partial charge in [-0.05, 0) is 37.8 Å². The lowest BCUT2D eigenvalue weighted by molar-refractivity contribution is -0.139. The molecule has 2 amide bonds. The number of rotatable bonds is 14. The van der Waals surface area contributed by atoms with E-state index in [1.54, 1.807) is 0 Å². The van der Waals surface area contributed by atoms with Crippen molar-refractivity contribution in [1.82, 2.24) is 25.6 Å². The van der Waals surface area contributed by atoms with Crippen LogP contribution < -0.4 is 22.2 Å². The van der Waals surface area contributed by atoms with Gasteiger partial charge in [0.25, 0.3) is 0 Å². The first kappa shape index (κ1) is 26.5. The molecule has 0 bridgehead atoms. The molecular weight excluding hydrogens is 414 g/mol. The summed E-state index contributed by atoms with van der Waals surface area (Å²) in [5.41, 5.74) is 14.5. The van der Waals surface area contributed by atoms with Crippen molar-refractivity contribution in [3.8, 4) is 0 Å². The molecule has 184 valence electrons. The molecule has 11 heteroatoms. The molecule has 32 heavy (non-hydrogen) atoms. The largest absolute Gasteiger partial charge is 0.480 e. The van der Waals surface area contributed by atoms with E-state index in [0.29, 0.717) is 13.1 Å². The van der Waals surface area contributed by atoms with Crippen molar-refractivity contribution in [1.29, 1.82) is 0 Å². The molecule has 2 aliphatic rings. The zero-order valence-electron chi connectivity index (χ0n) is 19.5. The first-order chi connectivity index (χ1) is 15.2. The molecule has 0 spiro atoms. The minimum absolute atomic E-state index is 0.0552. The van der Waals surface area contributed by atoms with E-state index in [9.17, 15) is 14.4 Å². The number of nitrogens with two attached hydrogens (primary N) is 2. The van der Waals surface area contributed by atoms with E-state index in [2.05, 4.69) is 27.5 Å². The van der Waals surface area contributed by atoms with Crippen LogP contribution in [0, 0.1) is 11.8 Å². The lowest BCUT2D eigenvalue weighted by Crippen LogP contribution is -2.55. The van der Waals surface area contributed by atoms with Crippen LogP contribution in [0.5, 0.6) is 0 Å². The van der Waals surface area contributed by atoms with E-state index in [4.69, 9.17) is 16.6 Å². The van der Waals surface area contributed by atoms with Crippen molar-refractivity contribution in [3.63, 3.8) is 0 Å². The average molecular weight is 456 g/mol. The highest BCUT2D eigenvalue weighted by atomic mass is 16.4. The molecule has 0 unspecified atom stereocenters. The molecule has 1 heterocycles. The molecule has 0 aromatic rings. The van der Waals surface area contributed by atoms with Crippen LogP contribution in [0.4, 0.5) is 0 Å². The molecule has 2 fully saturated rings. The molecule has 7 N–H and O–H groups in total. The summed E-state index contributed by atoms with van der Waals surface area (Å²) in [5.74, 6) is -1.25. The van der Waals surface area contributed by atoms with Gasteiger partial charge in [-0.2, -0.15) is 0 Å². The zero-order valence-corrected chi connectivity index (χ0v) is 19.5. The third kappa shape index (κ3) is 8.99. The fraction of sp³-hybridized carbons (Fsp3) is 0.857. The number of unbranched alkanes of at least 4 members (excludes halogenated alkanes) is 1. The van der Waals surface area contributed by atoms with Crippen molar-refractivity contribution >= 4 is 17.8 Å². The third-order valence-corrected chi connectivity index (χ3v) is 6.30. The quantitative estimate of drug-likeness (QED) is 0.192. The number of aliphatic carboxylic acids is 1. The van der Waals surface area contributed by atoms with E-state index in [1.807, 2.05) is 0 Å². The van der Waals surface area contributed by atoms with Gasteiger partial charge >= 0.3 is 5.97 Å². The number of likely N-dealkylation sites (N-methyl/N-ethyl adjacent to an activating group) is 1. The van der Waals surface area contributed by atoms with Crippen LogP contribution in [-0.4, -0.2) is 109 Å². The minimum atomic E-state index is -1.04.